The second-order valence-electron chi connectivity index (χ2n) is 5.47. The van der Waals surface area contributed by atoms with Gasteiger partial charge in [0.1, 0.15) is 0 Å². The largest absolute Gasteiger partial charge is 0.315 e. The van der Waals surface area contributed by atoms with E-state index in [4.69, 9.17) is 0 Å². The number of fused-ring (bicyclic) bond motifs is 1. The van der Waals surface area contributed by atoms with Crippen LogP contribution < -0.4 is 5.32 Å². The summed E-state index contributed by atoms with van der Waals surface area (Å²) in [5.74, 6) is 0.296. The summed E-state index contributed by atoms with van der Waals surface area (Å²) in [6, 6.07) is 6.38. The van der Waals surface area contributed by atoms with Crippen molar-refractivity contribution >= 4 is 15.8 Å². The number of hydrogen-bond acceptors (Lipinski definition) is 4. The second-order valence-corrected chi connectivity index (χ2v) is 7.36. The van der Waals surface area contributed by atoms with Crippen LogP contribution in [-0.4, -0.2) is 44.2 Å². The molecule has 2 fully saturated rings. The minimum absolute atomic E-state index is 0.0565. The molecule has 0 amide bonds. The molecule has 0 unspecified atom stereocenters. The predicted octanol–water partition coefficient (Wildman–Crippen LogP) is 0.872. The number of nitrogens with zero attached hydrogens (tertiary/aromatic N) is 1. The monoisotopic (exact) mass is 294 g/mol. The summed E-state index contributed by atoms with van der Waals surface area (Å²) >= 11 is 0. The van der Waals surface area contributed by atoms with E-state index in [1.807, 2.05) is 0 Å². The second kappa shape index (κ2) is 4.95. The van der Waals surface area contributed by atoms with Gasteiger partial charge in [-0.3, -0.25) is 4.79 Å². The van der Waals surface area contributed by atoms with Crippen LogP contribution in [0.25, 0.3) is 0 Å². The summed E-state index contributed by atoms with van der Waals surface area (Å²) in [6.45, 7) is 3.63. The molecule has 0 spiro atoms. The number of carbonyl (C=O) groups is 1. The number of sulfonamides is 1. The highest BCUT2D eigenvalue weighted by atomic mass is 32.2. The van der Waals surface area contributed by atoms with E-state index < -0.39 is 10.0 Å². The minimum Gasteiger partial charge on any atom is -0.315 e. The lowest BCUT2D eigenvalue weighted by Gasteiger charge is -2.23. The molecule has 6 heteroatoms. The van der Waals surface area contributed by atoms with Crippen molar-refractivity contribution < 1.29 is 13.2 Å². The molecular formula is C14H18N2O3S. The molecule has 2 atom stereocenters. The third kappa shape index (κ3) is 2.17. The van der Waals surface area contributed by atoms with Gasteiger partial charge in [-0.15, -0.1) is 0 Å². The highest BCUT2D eigenvalue weighted by Gasteiger charge is 2.43. The number of benzene rings is 1. The minimum atomic E-state index is -3.51. The molecule has 2 heterocycles. The SMILES string of the molecule is CC(=O)c1cccc(S(=O)(=O)N2CC[C@H]3CNC[C@H]32)c1. The van der Waals surface area contributed by atoms with Crippen molar-refractivity contribution in [1.82, 2.24) is 9.62 Å². The standard InChI is InChI=1S/C14H18N2O3S/c1-10(17)11-3-2-4-13(7-11)20(18,19)16-6-5-12-8-15-9-14(12)16/h2-4,7,12,14-15H,5-6,8-9H2,1H3/t12-,14+/m0/s1. The Labute approximate surface area is 119 Å². The Kier molecular flexibility index (Phi) is 3.40. The average Bonchev–Trinajstić information content (AvgIpc) is 3.00. The predicted molar refractivity (Wildman–Crippen MR) is 75.1 cm³/mol. The third-order valence-corrected chi connectivity index (χ3v) is 6.16. The Bertz CT molecular complexity index is 642. The van der Waals surface area contributed by atoms with Crippen LogP contribution in [0.3, 0.4) is 0 Å². The maximum absolute atomic E-state index is 12.7. The van der Waals surface area contributed by atoms with E-state index >= 15 is 0 Å². The number of carbonyl (C=O) groups excluding carboxylic acids is 1. The van der Waals surface area contributed by atoms with Crippen LogP contribution >= 0.6 is 0 Å². The summed E-state index contributed by atoms with van der Waals surface area (Å²) in [6.07, 6.45) is 0.906. The first kappa shape index (κ1) is 13.7. The molecule has 0 aliphatic carbocycles. The zero-order chi connectivity index (χ0) is 14.3. The summed E-state index contributed by atoms with van der Waals surface area (Å²) in [4.78, 5) is 11.6. The number of hydrogen-bond donors (Lipinski definition) is 1. The molecular weight excluding hydrogens is 276 g/mol. The van der Waals surface area contributed by atoms with Crippen LogP contribution in [0.1, 0.15) is 23.7 Å². The Hall–Kier alpha value is -1.24. The van der Waals surface area contributed by atoms with E-state index in [1.165, 1.54) is 13.0 Å². The Balaban J connectivity index is 1.96. The van der Waals surface area contributed by atoms with Crippen LogP contribution in [0.15, 0.2) is 29.2 Å². The lowest BCUT2D eigenvalue weighted by Crippen LogP contribution is -2.39. The smallest absolute Gasteiger partial charge is 0.243 e. The maximum Gasteiger partial charge on any atom is 0.243 e. The first-order chi connectivity index (χ1) is 9.50. The van der Waals surface area contributed by atoms with Crippen molar-refractivity contribution in [3.8, 4) is 0 Å². The van der Waals surface area contributed by atoms with E-state index in [0.29, 0.717) is 18.0 Å². The van der Waals surface area contributed by atoms with Crippen molar-refractivity contribution in [2.75, 3.05) is 19.6 Å². The van der Waals surface area contributed by atoms with Crippen LogP contribution in [0, 0.1) is 5.92 Å². The zero-order valence-corrected chi connectivity index (χ0v) is 12.2. The number of ketones is 1. The normalized spacial score (nSPS) is 26.6. The highest BCUT2D eigenvalue weighted by molar-refractivity contribution is 7.89. The molecule has 1 N–H and O–H groups in total. The van der Waals surface area contributed by atoms with E-state index in [-0.39, 0.29) is 16.7 Å². The van der Waals surface area contributed by atoms with Gasteiger partial charge in [0.25, 0.3) is 0 Å². The molecule has 108 valence electrons. The van der Waals surface area contributed by atoms with Gasteiger partial charge in [-0.05, 0) is 37.9 Å². The van der Waals surface area contributed by atoms with Gasteiger partial charge >= 0.3 is 0 Å². The number of Topliss-reactive ketones (excluding diaryl/α,β-unsaturated/α-hetero) is 1. The van der Waals surface area contributed by atoms with Crippen molar-refractivity contribution in [2.24, 2.45) is 5.92 Å². The van der Waals surface area contributed by atoms with E-state index in [1.54, 1.807) is 22.5 Å². The summed E-state index contributed by atoms with van der Waals surface area (Å²) in [5.41, 5.74) is 0.436. The van der Waals surface area contributed by atoms with Gasteiger partial charge in [-0.25, -0.2) is 8.42 Å². The van der Waals surface area contributed by atoms with Crippen LogP contribution in [0.4, 0.5) is 0 Å². The number of nitrogens with one attached hydrogen (secondary N) is 1. The molecule has 1 aromatic rings. The Morgan fingerprint density at radius 3 is 2.90 bits per heavy atom. The van der Waals surface area contributed by atoms with Crippen molar-refractivity contribution in [2.45, 2.75) is 24.3 Å². The fourth-order valence-electron chi connectivity index (χ4n) is 3.12. The van der Waals surface area contributed by atoms with Gasteiger partial charge in [0, 0.05) is 24.7 Å². The fourth-order valence-corrected chi connectivity index (χ4v) is 4.87. The van der Waals surface area contributed by atoms with Gasteiger partial charge in [0.05, 0.1) is 4.90 Å². The van der Waals surface area contributed by atoms with Crippen LogP contribution in [-0.2, 0) is 10.0 Å². The summed E-state index contributed by atoms with van der Waals surface area (Å²) in [7, 11) is -3.51. The van der Waals surface area contributed by atoms with Gasteiger partial charge in [-0.1, -0.05) is 12.1 Å². The summed E-state index contributed by atoms with van der Waals surface area (Å²) in [5, 5.41) is 3.25. The highest BCUT2D eigenvalue weighted by Crippen LogP contribution is 2.32. The quantitative estimate of drug-likeness (QED) is 0.840. The van der Waals surface area contributed by atoms with Gasteiger partial charge < -0.3 is 5.32 Å². The maximum atomic E-state index is 12.7. The first-order valence-electron chi connectivity index (χ1n) is 6.84. The van der Waals surface area contributed by atoms with Crippen molar-refractivity contribution in [1.29, 1.82) is 0 Å². The molecule has 0 saturated carbocycles. The Morgan fingerprint density at radius 1 is 1.35 bits per heavy atom. The third-order valence-electron chi connectivity index (χ3n) is 4.24. The molecule has 1 aromatic carbocycles. The van der Waals surface area contributed by atoms with E-state index in [9.17, 15) is 13.2 Å². The molecule has 20 heavy (non-hydrogen) atoms. The van der Waals surface area contributed by atoms with Gasteiger partial charge in [0.2, 0.25) is 10.0 Å². The molecule has 0 aromatic heterocycles. The molecule has 5 nitrogen and oxygen atoms in total. The zero-order valence-electron chi connectivity index (χ0n) is 11.4. The molecule has 3 rings (SSSR count). The molecule has 0 bridgehead atoms. The van der Waals surface area contributed by atoms with Gasteiger partial charge in [-0.2, -0.15) is 4.31 Å². The topological polar surface area (TPSA) is 66.5 Å². The van der Waals surface area contributed by atoms with Crippen molar-refractivity contribution in [3.05, 3.63) is 29.8 Å². The lowest BCUT2D eigenvalue weighted by atomic mass is 10.1. The van der Waals surface area contributed by atoms with Gasteiger partial charge in [0.15, 0.2) is 5.78 Å². The Morgan fingerprint density at radius 2 is 2.15 bits per heavy atom. The average molecular weight is 294 g/mol. The number of rotatable bonds is 3. The molecule has 2 aliphatic rings. The first-order valence-corrected chi connectivity index (χ1v) is 8.28. The lowest BCUT2D eigenvalue weighted by molar-refractivity contribution is 0.101. The van der Waals surface area contributed by atoms with Crippen LogP contribution in [0.2, 0.25) is 0 Å². The molecule has 2 saturated heterocycles. The molecule has 2 aliphatic heterocycles. The van der Waals surface area contributed by atoms with Crippen LogP contribution in [0.5, 0.6) is 0 Å². The molecule has 0 radical (unpaired) electrons. The van der Waals surface area contributed by atoms with E-state index in [0.717, 1.165) is 19.5 Å². The fraction of sp³-hybridized carbons (Fsp3) is 0.500. The van der Waals surface area contributed by atoms with E-state index in [2.05, 4.69) is 5.32 Å². The van der Waals surface area contributed by atoms with Crippen molar-refractivity contribution in [3.63, 3.8) is 0 Å². The summed E-state index contributed by atoms with van der Waals surface area (Å²) < 4.78 is 27.1.